The van der Waals surface area contributed by atoms with Crippen molar-refractivity contribution in [2.45, 2.75) is 58.2 Å². The van der Waals surface area contributed by atoms with Crippen LogP contribution in [0.3, 0.4) is 0 Å². The number of nitrogens with zero attached hydrogens (tertiary/aromatic N) is 6. The van der Waals surface area contributed by atoms with Crippen molar-refractivity contribution >= 4 is 33.3 Å². The van der Waals surface area contributed by atoms with Crippen LogP contribution in [0.15, 0.2) is 36.5 Å². The number of nitrogens with one attached hydrogen (secondary N) is 2. The molecule has 4 heterocycles. The molecular weight excluding hydrogens is 550 g/mol. The molecule has 41 heavy (non-hydrogen) atoms. The molecule has 10 nitrogen and oxygen atoms in total. The lowest BCUT2D eigenvalue weighted by atomic mass is 9.60. The maximum Gasteiger partial charge on any atom is 0.387 e. The maximum absolute atomic E-state index is 12.7. The fourth-order valence-electron chi connectivity index (χ4n) is 6.64. The van der Waals surface area contributed by atoms with E-state index >= 15 is 0 Å². The molecule has 1 amide bonds. The van der Waals surface area contributed by atoms with E-state index in [1.165, 1.54) is 11.3 Å². The standard InChI is InChI=1S/C28H34F2N8O2S/c1-18-9-19(11-22(10-18)40-25(29)30)15-37-8-5-28(17-37)13-20(14-28)12-24(39)33-27-36-35-26(41-27)32-21-4-7-38(16-21)23-3-2-6-31-34-23/h2-3,6,9-11,20-21,25H,4-5,7-8,12-17H2,1H3,(H,32,35)(H,33,36,39). The molecule has 1 atom stereocenters. The van der Waals surface area contributed by atoms with E-state index in [0.717, 1.165) is 68.8 Å². The van der Waals surface area contributed by atoms with Crippen molar-refractivity contribution in [1.29, 1.82) is 0 Å². The summed E-state index contributed by atoms with van der Waals surface area (Å²) in [4.78, 5) is 17.3. The number of carbonyl (C=O) groups is 1. The lowest BCUT2D eigenvalue weighted by Crippen LogP contribution is -2.41. The SMILES string of the molecule is Cc1cc(CN2CCC3(CC(CC(=O)Nc4nnc(NC5CCN(c6cccnn6)C5)s4)C3)C2)cc(OC(F)F)c1. The largest absolute Gasteiger partial charge is 0.435 e. The van der Waals surface area contributed by atoms with Gasteiger partial charge in [0.2, 0.25) is 16.2 Å². The van der Waals surface area contributed by atoms with Crippen molar-refractivity contribution in [3.05, 3.63) is 47.7 Å². The molecule has 3 aliphatic rings. The molecule has 1 aliphatic carbocycles. The molecule has 2 saturated heterocycles. The summed E-state index contributed by atoms with van der Waals surface area (Å²) >= 11 is 1.35. The van der Waals surface area contributed by atoms with Gasteiger partial charge in [0.1, 0.15) is 5.75 Å². The quantitative estimate of drug-likeness (QED) is 0.355. The first kappa shape index (κ1) is 27.7. The Labute approximate surface area is 241 Å². The van der Waals surface area contributed by atoms with E-state index in [9.17, 15) is 13.6 Å². The second-order valence-corrected chi connectivity index (χ2v) is 12.6. The van der Waals surface area contributed by atoms with Gasteiger partial charge >= 0.3 is 6.61 Å². The molecule has 2 N–H and O–H groups in total. The molecule has 1 spiro atoms. The van der Waals surface area contributed by atoms with Gasteiger partial charge in [-0.15, -0.1) is 15.3 Å². The zero-order valence-electron chi connectivity index (χ0n) is 22.9. The van der Waals surface area contributed by atoms with Gasteiger partial charge < -0.3 is 20.3 Å². The fraction of sp³-hybridized carbons (Fsp3) is 0.536. The number of amides is 1. The summed E-state index contributed by atoms with van der Waals surface area (Å²) in [5.41, 5.74) is 2.13. The molecule has 3 fully saturated rings. The number of hydrogen-bond acceptors (Lipinski definition) is 10. The zero-order valence-corrected chi connectivity index (χ0v) is 23.7. The highest BCUT2D eigenvalue weighted by molar-refractivity contribution is 7.19. The van der Waals surface area contributed by atoms with Crippen LogP contribution in [0.4, 0.5) is 24.9 Å². The smallest absolute Gasteiger partial charge is 0.387 e. The summed E-state index contributed by atoms with van der Waals surface area (Å²) in [5, 5.41) is 24.1. The average molecular weight is 585 g/mol. The molecule has 1 unspecified atom stereocenters. The van der Waals surface area contributed by atoms with Gasteiger partial charge in [0.25, 0.3) is 0 Å². The highest BCUT2D eigenvalue weighted by Crippen LogP contribution is 2.53. The van der Waals surface area contributed by atoms with Gasteiger partial charge in [-0.1, -0.05) is 17.4 Å². The molecule has 13 heteroatoms. The minimum Gasteiger partial charge on any atom is -0.435 e. The first-order valence-corrected chi connectivity index (χ1v) is 14.8. The monoisotopic (exact) mass is 584 g/mol. The minimum atomic E-state index is -2.82. The molecule has 1 saturated carbocycles. The normalized spacial score (nSPS) is 24.1. The zero-order chi connectivity index (χ0) is 28.4. The predicted octanol–water partition coefficient (Wildman–Crippen LogP) is 4.56. The number of rotatable bonds is 10. The van der Waals surface area contributed by atoms with Crippen LogP contribution in [0.2, 0.25) is 0 Å². The summed E-state index contributed by atoms with van der Waals surface area (Å²) in [7, 11) is 0. The molecule has 0 radical (unpaired) electrons. The van der Waals surface area contributed by atoms with Crippen LogP contribution < -0.4 is 20.3 Å². The van der Waals surface area contributed by atoms with Crippen LogP contribution in [0.5, 0.6) is 5.75 Å². The second kappa shape index (κ2) is 11.8. The molecule has 0 bridgehead atoms. The molecular formula is C28H34F2N8O2S. The van der Waals surface area contributed by atoms with Gasteiger partial charge in [0.05, 0.1) is 0 Å². The fourth-order valence-corrected chi connectivity index (χ4v) is 7.37. The Morgan fingerprint density at radius 1 is 1.20 bits per heavy atom. The van der Waals surface area contributed by atoms with E-state index in [-0.39, 0.29) is 23.1 Å². The molecule has 2 aromatic heterocycles. The van der Waals surface area contributed by atoms with Gasteiger partial charge in [-0.05, 0) is 85.9 Å². The highest BCUT2D eigenvalue weighted by Gasteiger charge is 2.48. The van der Waals surface area contributed by atoms with Crippen molar-refractivity contribution < 1.29 is 18.3 Å². The molecule has 2 aliphatic heterocycles. The Bertz CT molecular complexity index is 1350. The van der Waals surface area contributed by atoms with Gasteiger partial charge in [-0.2, -0.15) is 13.9 Å². The second-order valence-electron chi connectivity index (χ2n) is 11.6. The third-order valence-electron chi connectivity index (χ3n) is 8.25. The molecule has 218 valence electrons. The van der Waals surface area contributed by atoms with Gasteiger partial charge in [0, 0.05) is 44.8 Å². The number of likely N-dealkylation sites (tertiary alicyclic amines) is 1. The van der Waals surface area contributed by atoms with Gasteiger partial charge in [-0.3, -0.25) is 9.69 Å². The van der Waals surface area contributed by atoms with Crippen LogP contribution in [0.1, 0.15) is 43.2 Å². The first-order valence-electron chi connectivity index (χ1n) is 14.0. The highest BCUT2D eigenvalue weighted by atomic mass is 32.1. The minimum absolute atomic E-state index is 0.0246. The number of alkyl halides is 2. The third kappa shape index (κ3) is 6.89. The van der Waals surface area contributed by atoms with Crippen LogP contribution in [-0.4, -0.2) is 70.0 Å². The van der Waals surface area contributed by atoms with Crippen molar-refractivity contribution in [3.8, 4) is 5.75 Å². The maximum atomic E-state index is 12.7. The van der Waals surface area contributed by atoms with Crippen molar-refractivity contribution in [2.75, 3.05) is 41.7 Å². The Morgan fingerprint density at radius 3 is 2.85 bits per heavy atom. The number of benzene rings is 1. The summed E-state index contributed by atoms with van der Waals surface area (Å²) in [6, 6.07) is 9.42. The summed E-state index contributed by atoms with van der Waals surface area (Å²) in [6.07, 6.45) is 6.25. The number of halogens is 2. The number of aromatic nitrogens is 4. The van der Waals surface area contributed by atoms with E-state index in [4.69, 9.17) is 0 Å². The summed E-state index contributed by atoms with van der Waals surface area (Å²) in [6.45, 7) is 3.40. The van der Waals surface area contributed by atoms with Crippen LogP contribution in [0.25, 0.3) is 0 Å². The van der Waals surface area contributed by atoms with Crippen LogP contribution in [-0.2, 0) is 11.3 Å². The number of anilines is 3. The Balaban J connectivity index is 0.925. The van der Waals surface area contributed by atoms with Crippen molar-refractivity contribution in [1.82, 2.24) is 25.3 Å². The molecule has 3 aromatic rings. The van der Waals surface area contributed by atoms with Crippen molar-refractivity contribution in [3.63, 3.8) is 0 Å². The van der Waals surface area contributed by atoms with E-state index in [0.29, 0.717) is 29.1 Å². The van der Waals surface area contributed by atoms with Crippen LogP contribution in [0, 0.1) is 18.3 Å². The van der Waals surface area contributed by atoms with E-state index < -0.39 is 6.61 Å². The topological polar surface area (TPSA) is 108 Å². The predicted molar refractivity (Wildman–Crippen MR) is 152 cm³/mol. The molecule has 6 rings (SSSR count). The molecule has 1 aromatic carbocycles. The number of hydrogen-bond donors (Lipinski definition) is 2. The summed E-state index contributed by atoms with van der Waals surface area (Å²) < 4.78 is 29.9. The first-order chi connectivity index (χ1) is 19.8. The Hall–Kier alpha value is -3.45. The number of carbonyl (C=O) groups excluding carboxylic acids is 1. The van der Waals surface area contributed by atoms with E-state index in [2.05, 4.69) is 45.6 Å². The number of aryl methyl sites for hydroxylation is 1. The lowest BCUT2D eigenvalue weighted by Gasteiger charge is -2.45. The van der Waals surface area contributed by atoms with E-state index in [1.54, 1.807) is 18.3 Å². The Morgan fingerprint density at radius 2 is 2.05 bits per heavy atom. The van der Waals surface area contributed by atoms with E-state index in [1.807, 2.05) is 25.1 Å². The van der Waals surface area contributed by atoms with Crippen molar-refractivity contribution in [2.24, 2.45) is 11.3 Å². The Kier molecular flexibility index (Phi) is 7.98. The average Bonchev–Trinajstić information content (AvgIpc) is 3.65. The lowest BCUT2D eigenvalue weighted by molar-refractivity contribution is -0.118. The summed E-state index contributed by atoms with van der Waals surface area (Å²) in [5.74, 6) is 1.41. The van der Waals surface area contributed by atoms with Crippen LogP contribution >= 0.6 is 11.3 Å². The third-order valence-corrected chi connectivity index (χ3v) is 9.02. The van der Waals surface area contributed by atoms with Gasteiger partial charge in [0.15, 0.2) is 5.82 Å². The van der Waals surface area contributed by atoms with Gasteiger partial charge in [-0.25, -0.2) is 0 Å². The number of ether oxygens (including phenoxy) is 1.